The lowest BCUT2D eigenvalue weighted by atomic mass is 10.2. The molecule has 0 spiro atoms. The van der Waals surface area contributed by atoms with Crippen molar-refractivity contribution in [2.45, 2.75) is 24.3 Å². The molecule has 5 heteroatoms. The molecule has 2 aromatic heterocycles. The molecule has 2 aromatic rings. The Hall–Kier alpha value is -0.810. The molecule has 1 aliphatic carbocycles. The van der Waals surface area contributed by atoms with Crippen LogP contribution in [-0.4, -0.2) is 16.0 Å². The maximum atomic E-state index is 5.90. The number of furan rings is 1. The van der Waals surface area contributed by atoms with E-state index in [0.29, 0.717) is 0 Å². The van der Waals surface area contributed by atoms with Gasteiger partial charge in [0.05, 0.1) is 5.39 Å². The summed E-state index contributed by atoms with van der Waals surface area (Å²) in [5.41, 5.74) is 2.20. The summed E-state index contributed by atoms with van der Waals surface area (Å²) in [6.07, 6.45) is 5.32. The van der Waals surface area contributed by atoms with E-state index in [1.807, 2.05) is 13.3 Å². The molecule has 0 saturated heterocycles. The highest BCUT2D eigenvalue weighted by molar-refractivity contribution is 7.98. The number of aromatic nitrogens is 2. The molecule has 0 unspecified atom stereocenters. The minimum absolute atomic E-state index is 0.791. The predicted molar refractivity (Wildman–Crippen MR) is 67.6 cm³/mol. The monoisotopic (exact) mass is 252 g/mol. The van der Waals surface area contributed by atoms with Gasteiger partial charge >= 0.3 is 0 Å². The Balaban J connectivity index is 2.49. The van der Waals surface area contributed by atoms with Crippen LogP contribution >= 0.6 is 24.0 Å². The molecule has 0 N–H and O–H groups in total. The van der Waals surface area contributed by atoms with E-state index in [9.17, 15) is 0 Å². The first-order valence-electron chi connectivity index (χ1n) is 5.28. The minimum Gasteiger partial charge on any atom is -0.458 e. The molecular formula is C11H12N2OS2. The highest BCUT2D eigenvalue weighted by Crippen LogP contribution is 2.36. The summed E-state index contributed by atoms with van der Waals surface area (Å²) < 4.78 is 8.47. The molecule has 0 fully saturated rings. The lowest BCUT2D eigenvalue weighted by Crippen LogP contribution is -2.00. The fourth-order valence-corrected chi connectivity index (χ4v) is 3.09. The third-order valence-electron chi connectivity index (χ3n) is 3.06. The Labute approximate surface area is 103 Å². The van der Waals surface area contributed by atoms with Crippen molar-refractivity contribution in [1.82, 2.24) is 9.78 Å². The Morgan fingerprint density at radius 2 is 2.25 bits per heavy atom. The Bertz CT molecular complexity index is 627. The average Bonchev–Trinajstić information content (AvgIpc) is 2.82. The van der Waals surface area contributed by atoms with Gasteiger partial charge in [0.1, 0.15) is 10.4 Å². The van der Waals surface area contributed by atoms with Gasteiger partial charge in [-0.2, -0.15) is 5.10 Å². The standard InChI is InChI=1S/C11H12N2OS2/c1-13-11(15)8-6-4-3-5-7(6)14-9(8)10(12-13)16-2/h3-5H2,1-2H3. The zero-order valence-corrected chi connectivity index (χ0v) is 10.9. The highest BCUT2D eigenvalue weighted by Gasteiger charge is 2.23. The molecule has 0 aliphatic heterocycles. The van der Waals surface area contributed by atoms with Crippen molar-refractivity contribution in [3.63, 3.8) is 0 Å². The summed E-state index contributed by atoms with van der Waals surface area (Å²) in [4.78, 5) is 0. The van der Waals surface area contributed by atoms with Crippen molar-refractivity contribution < 1.29 is 4.42 Å². The number of hydrogen-bond acceptors (Lipinski definition) is 4. The number of rotatable bonds is 1. The molecule has 3 rings (SSSR count). The summed E-state index contributed by atoms with van der Waals surface area (Å²) in [6, 6.07) is 0. The molecule has 0 atom stereocenters. The second-order valence-electron chi connectivity index (χ2n) is 4.00. The lowest BCUT2D eigenvalue weighted by molar-refractivity contribution is 0.541. The molecule has 0 amide bonds. The Morgan fingerprint density at radius 1 is 1.44 bits per heavy atom. The van der Waals surface area contributed by atoms with Crippen molar-refractivity contribution in [3.8, 4) is 0 Å². The minimum atomic E-state index is 0.791. The maximum Gasteiger partial charge on any atom is 0.171 e. The van der Waals surface area contributed by atoms with Crippen molar-refractivity contribution in [3.05, 3.63) is 16.0 Å². The van der Waals surface area contributed by atoms with Crippen LogP contribution in [0, 0.1) is 4.64 Å². The Kier molecular flexibility index (Phi) is 2.33. The first-order chi connectivity index (χ1) is 7.72. The topological polar surface area (TPSA) is 31.0 Å². The van der Waals surface area contributed by atoms with E-state index >= 15 is 0 Å². The van der Waals surface area contributed by atoms with Gasteiger partial charge in [-0.05, 0) is 19.1 Å². The Morgan fingerprint density at radius 3 is 3.00 bits per heavy atom. The van der Waals surface area contributed by atoms with Crippen LogP contribution in [0.5, 0.6) is 0 Å². The van der Waals surface area contributed by atoms with Crippen LogP contribution < -0.4 is 0 Å². The normalized spacial score (nSPS) is 14.6. The van der Waals surface area contributed by atoms with E-state index in [1.165, 1.54) is 12.0 Å². The number of aryl methyl sites for hydroxylation is 3. The number of nitrogens with zero attached hydrogens (tertiary/aromatic N) is 2. The van der Waals surface area contributed by atoms with Crippen LogP contribution in [0.2, 0.25) is 0 Å². The molecule has 0 bridgehead atoms. The smallest absolute Gasteiger partial charge is 0.171 e. The highest BCUT2D eigenvalue weighted by atomic mass is 32.2. The zero-order chi connectivity index (χ0) is 11.3. The van der Waals surface area contributed by atoms with Gasteiger partial charge in [0.25, 0.3) is 0 Å². The van der Waals surface area contributed by atoms with Gasteiger partial charge in [-0.15, -0.1) is 11.8 Å². The quantitative estimate of drug-likeness (QED) is 0.576. The fraction of sp³-hybridized carbons (Fsp3) is 0.455. The van der Waals surface area contributed by atoms with Gasteiger partial charge in [-0.1, -0.05) is 12.2 Å². The van der Waals surface area contributed by atoms with E-state index in [-0.39, 0.29) is 0 Å². The molecular weight excluding hydrogens is 240 g/mol. The molecule has 2 heterocycles. The van der Waals surface area contributed by atoms with E-state index in [2.05, 4.69) is 5.10 Å². The first kappa shape index (κ1) is 10.4. The van der Waals surface area contributed by atoms with Crippen LogP contribution in [0.1, 0.15) is 17.7 Å². The van der Waals surface area contributed by atoms with Gasteiger partial charge in [0.2, 0.25) is 0 Å². The van der Waals surface area contributed by atoms with Gasteiger partial charge in [0, 0.05) is 19.0 Å². The molecule has 0 aromatic carbocycles. The largest absolute Gasteiger partial charge is 0.458 e. The van der Waals surface area contributed by atoms with Crippen LogP contribution in [0.4, 0.5) is 0 Å². The van der Waals surface area contributed by atoms with Crippen LogP contribution in [0.15, 0.2) is 9.44 Å². The summed E-state index contributed by atoms with van der Waals surface area (Å²) >= 11 is 7.03. The molecule has 3 nitrogen and oxygen atoms in total. The molecule has 0 saturated carbocycles. The summed E-state index contributed by atoms with van der Waals surface area (Å²) in [6.45, 7) is 0. The fourth-order valence-electron chi connectivity index (χ4n) is 2.30. The summed E-state index contributed by atoms with van der Waals surface area (Å²) in [5, 5.41) is 6.46. The van der Waals surface area contributed by atoms with E-state index in [4.69, 9.17) is 16.6 Å². The van der Waals surface area contributed by atoms with E-state index in [0.717, 1.165) is 39.2 Å². The predicted octanol–water partition coefficient (Wildman–Crippen LogP) is 3.11. The molecule has 16 heavy (non-hydrogen) atoms. The summed E-state index contributed by atoms with van der Waals surface area (Å²) in [5.74, 6) is 1.12. The van der Waals surface area contributed by atoms with Crippen LogP contribution in [0.3, 0.4) is 0 Å². The summed E-state index contributed by atoms with van der Waals surface area (Å²) in [7, 11) is 1.90. The average molecular weight is 252 g/mol. The van der Waals surface area contributed by atoms with E-state index < -0.39 is 0 Å². The van der Waals surface area contributed by atoms with Crippen molar-refractivity contribution >= 4 is 34.9 Å². The number of hydrogen-bond donors (Lipinski definition) is 0. The zero-order valence-electron chi connectivity index (χ0n) is 9.24. The van der Waals surface area contributed by atoms with Gasteiger partial charge in [-0.3, -0.25) is 4.68 Å². The third-order valence-corrected chi connectivity index (χ3v) is 4.18. The molecule has 84 valence electrons. The van der Waals surface area contributed by atoms with Crippen LogP contribution in [-0.2, 0) is 19.9 Å². The van der Waals surface area contributed by atoms with Crippen LogP contribution in [0.25, 0.3) is 11.0 Å². The van der Waals surface area contributed by atoms with Gasteiger partial charge < -0.3 is 4.42 Å². The third kappa shape index (κ3) is 1.28. The molecule has 0 radical (unpaired) electrons. The lowest BCUT2D eigenvalue weighted by Gasteiger charge is -2.03. The second kappa shape index (κ2) is 3.60. The SMILES string of the molecule is CSc1nn(C)c(=S)c2c3c(oc12)CCC3. The van der Waals surface area contributed by atoms with Crippen molar-refractivity contribution in [2.75, 3.05) is 6.26 Å². The van der Waals surface area contributed by atoms with Crippen molar-refractivity contribution in [1.29, 1.82) is 0 Å². The molecule has 1 aliphatic rings. The number of thioether (sulfide) groups is 1. The maximum absolute atomic E-state index is 5.90. The number of fused-ring (bicyclic) bond motifs is 3. The van der Waals surface area contributed by atoms with Crippen molar-refractivity contribution in [2.24, 2.45) is 7.05 Å². The first-order valence-corrected chi connectivity index (χ1v) is 6.91. The second-order valence-corrected chi connectivity index (χ2v) is 5.18. The van der Waals surface area contributed by atoms with Gasteiger partial charge in [-0.25, -0.2) is 0 Å². The van der Waals surface area contributed by atoms with Gasteiger partial charge in [0.15, 0.2) is 10.6 Å². The van der Waals surface area contributed by atoms with E-state index in [1.54, 1.807) is 16.4 Å².